The predicted octanol–water partition coefficient (Wildman–Crippen LogP) is 2.94. The van der Waals surface area contributed by atoms with Crippen LogP contribution in [0.4, 0.5) is 5.69 Å². The van der Waals surface area contributed by atoms with E-state index >= 15 is 0 Å². The van der Waals surface area contributed by atoms with Crippen molar-refractivity contribution in [1.29, 1.82) is 0 Å². The molecule has 2 aliphatic rings. The molecule has 0 radical (unpaired) electrons. The minimum Gasteiger partial charge on any atom is -0.336 e. The van der Waals surface area contributed by atoms with Gasteiger partial charge in [-0.3, -0.25) is 19.3 Å². The molecule has 30 heavy (non-hydrogen) atoms. The first kappa shape index (κ1) is 22.0. The van der Waals surface area contributed by atoms with Crippen LogP contribution >= 0.6 is 12.4 Å². The van der Waals surface area contributed by atoms with Gasteiger partial charge in [0.2, 0.25) is 5.91 Å². The number of fused-ring (bicyclic) bond motifs is 1. The zero-order valence-corrected chi connectivity index (χ0v) is 17.8. The molecule has 2 heterocycles. The molecular formula is C23H26ClN3O3. The highest BCUT2D eigenvalue weighted by Gasteiger charge is 2.25. The van der Waals surface area contributed by atoms with Crippen LogP contribution in [0.25, 0.3) is 0 Å². The first-order valence-electron chi connectivity index (χ1n) is 10.0. The van der Waals surface area contributed by atoms with E-state index in [1.54, 1.807) is 6.07 Å². The molecule has 2 aliphatic heterocycles. The van der Waals surface area contributed by atoms with E-state index in [-0.39, 0.29) is 30.0 Å². The van der Waals surface area contributed by atoms with Crippen LogP contribution < -0.4 is 5.32 Å². The maximum Gasteiger partial charge on any atom is 0.253 e. The number of amides is 2. The molecule has 2 aromatic rings. The van der Waals surface area contributed by atoms with Crippen molar-refractivity contribution in [3.63, 3.8) is 0 Å². The summed E-state index contributed by atoms with van der Waals surface area (Å²) >= 11 is 0. The predicted molar refractivity (Wildman–Crippen MR) is 118 cm³/mol. The van der Waals surface area contributed by atoms with Crippen molar-refractivity contribution in [3.8, 4) is 0 Å². The normalized spacial score (nSPS) is 16.3. The Labute approximate surface area is 182 Å². The highest BCUT2D eigenvalue weighted by molar-refractivity contribution is 5.98. The van der Waals surface area contributed by atoms with Crippen LogP contribution in [0.5, 0.6) is 0 Å². The number of Topliss-reactive ketones (excluding diaryl/α,β-unsaturated/α-hetero) is 1. The van der Waals surface area contributed by atoms with Gasteiger partial charge in [-0.2, -0.15) is 0 Å². The maximum absolute atomic E-state index is 12.9. The first-order chi connectivity index (χ1) is 14.0. The number of nitrogens with one attached hydrogen (secondary N) is 1. The molecule has 2 aromatic carbocycles. The average Bonchev–Trinajstić information content (AvgIpc) is 2.74. The van der Waals surface area contributed by atoms with Crippen LogP contribution in [-0.4, -0.2) is 60.1 Å². The first-order valence-corrected chi connectivity index (χ1v) is 10.0. The number of halogens is 1. The van der Waals surface area contributed by atoms with E-state index < -0.39 is 0 Å². The number of anilines is 1. The largest absolute Gasteiger partial charge is 0.336 e. The van der Waals surface area contributed by atoms with Gasteiger partial charge < -0.3 is 10.2 Å². The SMILES string of the molecule is Cc1ccc(C(=O)CN2CCN(C(=O)c3ccc4c(c3)CCC(=O)N4)CC2)cc1.Cl. The molecular weight excluding hydrogens is 402 g/mol. The summed E-state index contributed by atoms with van der Waals surface area (Å²) in [4.78, 5) is 40.8. The number of carbonyl (C=O) groups is 3. The maximum atomic E-state index is 12.9. The van der Waals surface area contributed by atoms with Crippen molar-refractivity contribution in [1.82, 2.24) is 9.80 Å². The third kappa shape index (κ3) is 4.89. The Kier molecular flexibility index (Phi) is 6.90. The van der Waals surface area contributed by atoms with Gasteiger partial charge in [-0.05, 0) is 37.1 Å². The Morgan fingerprint density at radius 2 is 1.60 bits per heavy atom. The van der Waals surface area contributed by atoms with Crippen molar-refractivity contribution in [3.05, 3.63) is 64.7 Å². The number of piperazine rings is 1. The van der Waals surface area contributed by atoms with Crippen molar-refractivity contribution in [2.24, 2.45) is 0 Å². The highest BCUT2D eigenvalue weighted by Crippen LogP contribution is 2.24. The second-order valence-electron chi connectivity index (χ2n) is 7.78. The van der Waals surface area contributed by atoms with Gasteiger partial charge in [0.15, 0.2) is 5.78 Å². The molecule has 1 fully saturated rings. The summed E-state index contributed by atoms with van der Waals surface area (Å²) in [7, 11) is 0. The molecule has 0 saturated carbocycles. The van der Waals surface area contributed by atoms with Gasteiger partial charge in [0.1, 0.15) is 0 Å². The summed E-state index contributed by atoms with van der Waals surface area (Å²) in [6.07, 6.45) is 1.12. The van der Waals surface area contributed by atoms with E-state index in [9.17, 15) is 14.4 Å². The van der Waals surface area contributed by atoms with Crippen LogP contribution in [0, 0.1) is 6.92 Å². The highest BCUT2D eigenvalue weighted by atomic mass is 35.5. The van der Waals surface area contributed by atoms with Gasteiger partial charge in [-0.25, -0.2) is 0 Å². The lowest BCUT2D eigenvalue weighted by molar-refractivity contribution is -0.116. The molecule has 1 N–H and O–H groups in total. The van der Waals surface area contributed by atoms with Gasteiger partial charge in [-0.15, -0.1) is 12.4 Å². The Hall–Kier alpha value is -2.70. The van der Waals surface area contributed by atoms with Crippen molar-refractivity contribution in [2.75, 3.05) is 38.0 Å². The van der Waals surface area contributed by atoms with Gasteiger partial charge in [0, 0.05) is 49.4 Å². The number of ketones is 1. The quantitative estimate of drug-likeness (QED) is 0.761. The molecule has 0 aromatic heterocycles. The van der Waals surface area contributed by atoms with E-state index in [1.165, 1.54) is 0 Å². The molecule has 6 nitrogen and oxygen atoms in total. The second-order valence-corrected chi connectivity index (χ2v) is 7.78. The summed E-state index contributed by atoms with van der Waals surface area (Å²) in [5.41, 5.74) is 4.34. The number of hydrogen-bond acceptors (Lipinski definition) is 4. The van der Waals surface area contributed by atoms with E-state index in [1.807, 2.05) is 48.2 Å². The molecule has 158 valence electrons. The third-order valence-electron chi connectivity index (χ3n) is 5.65. The Balaban J connectivity index is 0.00000256. The number of aryl methyl sites for hydroxylation is 2. The fourth-order valence-electron chi connectivity index (χ4n) is 3.84. The summed E-state index contributed by atoms with van der Waals surface area (Å²) in [5.74, 6) is 0.142. The minimum absolute atomic E-state index is 0. The van der Waals surface area contributed by atoms with Crippen LogP contribution in [0.15, 0.2) is 42.5 Å². The lowest BCUT2D eigenvalue weighted by Crippen LogP contribution is -2.49. The van der Waals surface area contributed by atoms with Crippen molar-refractivity contribution in [2.45, 2.75) is 19.8 Å². The van der Waals surface area contributed by atoms with E-state index in [4.69, 9.17) is 0 Å². The van der Waals surface area contributed by atoms with Gasteiger partial charge in [0.05, 0.1) is 6.54 Å². The fraction of sp³-hybridized carbons (Fsp3) is 0.348. The Morgan fingerprint density at radius 1 is 0.933 bits per heavy atom. The Bertz CT molecular complexity index is 951. The Morgan fingerprint density at radius 3 is 2.30 bits per heavy atom. The number of benzene rings is 2. The van der Waals surface area contributed by atoms with Gasteiger partial charge >= 0.3 is 0 Å². The summed E-state index contributed by atoms with van der Waals surface area (Å²) in [6, 6.07) is 13.1. The lowest BCUT2D eigenvalue weighted by Gasteiger charge is -2.34. The lowest BCUT2D eigenvalue weighted by atomic mass is 10.00. The molecule has 0 aliphatic carbocycles. The van der Waals surface area contributed by atoms with Gasteiger partial charge in [0.25, 0.3) is 5.91 Å². The number of nitrogens with zero attached hydrogens (tertiary/aromatic N) is 2. The number of hydrogen-bond donors (Lipinski definition) is 1. The zero-order valence-electron chi connectivity index (χ0n) is 17.0. The van der Waals surface area contributed by atoms with Crippen molar-refractivity contribution < 1.29 is 14.4 Å². The monoisotopic (exact) mass is 427 g/mol. The molecule has 2 amide bonds. The average molecular weight is 428 g/mol. The number of carbonyl (C=O) groups excluding carboxylic acids is 3. The van der Waals surface area contributed by atoms with E-state index in [0.717, 1.165) is 22.4 Å². The molecule has 0 bridgehead atoms. The van der Waals surface area contributed by atoms with Crippen molar-refractivity contribution >= 4 is 35.7 Å². The summed E-state index contributed by atoms with van der Waals surface area (Å²) < 4.78 is 0. The molecule has 0 unspecified atom stereocenters. The van der Waals surface area contributed by atoms with E-state index in [2.05, 4.69) is 10.2 Å². The molecule has 7 heteroatoms. The van der Waals surface area contributed by atoms with Crippen LogP contribution in [0.2, 0.25) is 0 Å². The summed E-state index contributed by atoms with van der Waals surface area (Å²) in [5, 5.41) is 2.84. The summed E-state index contributed by atoms with van der Waals surface area (Å²) in [6.45, 7) is 4.96. The second kappa shape index (κ2) is 9.41. The van der Waals surface area contributed by atoms with Crippen LogP contribution in [0.3, 0.4) is 0 Å². The smallest absolute Gasteiger partial charge is 0.253 e. The van der Waals surface area contributed by atoms with E-state index in [0.29, 0.717) is 51.1 Å². The number of rotatable bonds is 4. The van der Waals surface area contributed by atoms with Crippen LogP contribution in [0.1, 0.15) is 38.3 Å². The minimum atomic E-state index is 0. The zero-order chi connectivity index (χ0) is 20.4. The molecule has 4 rings (SSSR count). The standard InChI is InChI=1S/C23H25N3O3.ClH/c1-16-2-4-17(5-3-16)21(27)15-25-10-12-26(13-11-25)23(29)19-6-8-20-18(14-19)7-9-22(28)24-20;/h2-6,8,14H,7,9-13,15H2,1H3,(H,24,28);1H. The molecule has 0 spiro atoms. The molecule has 1 saturated heterocycles. The fourth-order valence-corrected chi connectivity index (χ4v) is 3.84. The topological polar surface area (TPSA) is 69.7 Å². The molecule has 0 atom stereocenters. The third-order valence-corrected chi connectivity index (χ3v) is 5.65. The van der Waals surface area contributed by atoms with Crippen LogP contribution in [-0.2, 0) is 11.2 Å². The van der Waals surface area contributed by atoms with Gasteiger partial charge in [-0.1, -0.05) is 29.8 Å².